The van der Waals surface area contributed by atoms with Crippen molar-refractivity contribution >= 4 is 17.6 Å². The summed E-state index contributed by atoms with van der Waals surface area (Å²) in [5.74, 6) is 1.07. The molecule has 6 nitrogen and oxygen atoms in total. The number of rotatable bonds is 7. The molecular weight excluding hydrogens is 350 g/mol. The Hall–Kier alpha value is -2.08. The minimum atomic E-state index is 0.0837. The van der Waals surface area contributed by atoms with Gasteiger partial charge in [0.25, 0.3) is 0 Å². The van der Waals surface area contributed by atoms with E-state index in [0.29, 0.717) is 13.0 Å². The number of aliphatic imine (C=N–C) groups is 1. The highest BCUT2D eigenvalue weighted by Crippen LogP contribution is 2.31. The van der Waals surface area contributed by atoms with Crippen LogP contribution in [0.25, 0.3) is 0 Å². The van der Waals surface area contributed by atoms with Gasteiger partial charge in [-0.05, 0) is 57.3 Å². The quantitative estimate of drug-likeness (QED) is 0.383. The van der Waals surface area contributed by atoms with E-state index >= 15 is 0 Å². The van der Waals surface area contributed by atoms with Gasteiger partial charge in [-0.15, -0.1) is 0 Å². The molecule has 2 heterocycles. The molecule has 2 atom stereocenters. The molecule has 0 bridgehead atoms. The maximum Gasteiger partial charge on any atom is 0.225 e. The van der Waals surface area contributed by atoms with Crippen LogP contribution in [0.15, 0.2) is 29.3 Å². The smallest absolute Gasteiger partial charge is 0.225 e. The largest absolute Gasteiger partial charge is 0.356 e. The van der Waals surface area contributed by atoms with E-state index in [4.69, 9.17) is 0 Å². The fraction of sp³-hybridized carbons (Fsp3) is 0.636. The number of hydrogen-bond donors (Lipinski definition) is 3. The van der Waals surface area contributed by atoms with Crippen LogP contribution in [0.4, 0.5) is 5.69 Å². The van der Waals surface area contributed by atoms with E-state index in [2.05, 4.69) is 38.8 Å². The van der Waals surface area contributed by atoms with Crippen LogP contribution >= 0.6 is 0 Å². The van der Waals surface area contributed by atoms with Crippen LogP contribution < -0.4 is 16.0 Å². The summed E-state index contributed by atoms with van der Waals surface area (Å²) in [6.45, 7) is 6.43. The predicted octanol–water partition coefficient (Wildman–Crippen LogP) is 2.93. The van der Waals surface area contributed by atoms with Gasteiger partial charge in [0.2, 0.25) is 5.91 Å². The molecule has 6 heteroatoms. The number of carbonyl (C=O) groups excluding carboxylic acids is 1. The molecule has 0 aliphatic carbocycles. The molecule has 3 N–H and O–H groups in total. The molecule has 0 spiro atoms. The Morgan fingerprint density at radius 2 is 2.11 bits per heavy atom. The number of likely N-dealkylation sites (tertiary alicyclic amines) is 1. The number of benzene rings is 1. The number of para-hydroxylation sites is 1. The summed E-state index contributed by atoms with van der Waals surface area (Å²) in [5.41, 5.74) is 2.13. The third kappa shape index (κ3) is 5.71. The molecule has 1 amide bonds. The highest BCUT2D eigenvalue weighted by Gasteiger charge is 2.24. The van der Waals surface area contributed by atoms with Crippen molar-refractivity contribution < 1.29 is 4.79 Å². The number of fused-ring (bicyclic) bond motifs is 1. The second-order valence-corrected chi connectivity index (χ2v) is 8.00. The summed E-state index contributed by atoms with van der Waals surface area (Å²) < 4.78 is 0. The first-order chi connectivity index (χ1) is 13.7. The minimum Gasteiger partial charge on any atom is -0.356 e. The van der Waals surface area contributed by atoms with Gasteiger partial charge < -0.3 is 20.9 Å². The maximum absolute atomic E-state index is 12.0. The van der Waals surface area contributed by atoms with Crippen LogP contribution in [-0.4, -0.2) is 56.0 Å². The molecular formula is C22H35N5O. The molecule has 1 fully saturated rings. The van der Waals surface area contributed by atoms with Crippen molar-refractivity contribution in [1.29, 1.82) is 0 Å². The molecule has 0 saturated carbocycles. The Balaban J connectivity index is 1.38. The zero-order valence-corrected chi connectivity index (χ0v) is 17.3. The lowest BCUT2D eigenvalue weighted by atomic mass is 9.90. The van der Waals surface area contributed by atoms with Crippen LogP contribution in [0.2, 0.25) is 0 Å². The molecule has 1 aromatic carbocycles. The predicted molar refractivity (Wildman–Crippen MR) is 116 cm³/mol. The van der Waals surface area contributed by atoms with Crippen LogP contribution in [0.5, 0.6) is 0 Å². The van der Waals surface area contributed by atoms with Gasteiger partial charge >= 0.3 is 0 Å². The van der Waals surface area contributed by atoms with Crippen molar-refractivity contribution in [3.8, 4) is 0 Å². The maximum atomic E-state index is 12.0. The third-order valence-electron chi connectivity index (χ3n) is 5.95. The Morgan fingerprint density at radius 1 is 1.25 bits per heavy atom. The Bertz CT molecular complexity index is 675. The normalized spacial score (nSPS) is 23.1. The van der Waals surface area contributed by atoms with E-state index in [1.165, 1.54) is 44.3 Å². The molecule has 154 valence electrons. The molecule has 2 aliphatic rings. The highest BCUT2D eigenvalue weighted by molar-refractivity contribution is 5.94. The molecule has 2 aliphatic heterocycles. The SMILES string of the molecule is CN=C(NCCCCN1CCCCC1C)NCC1CC(=O)Nc2ccccc21. The lowest BCUT2D eigenvalue weighted by Crippen LogP contribution is -2.41. The van der Waals surface area contributed by atoms with Crippen molar-refractivity contribution in [3.05, 3.63) is 29.8 Å². The van der Waals surface area contributed by atoms with E-state index < -0.39 is 0 Å². The highest BCUT2D eigenvalue weighted by atomic mass is 16.1. The number of nitrogens with zero attached hydrogens (tertiary/aromatic N) is 2. The van der Waals surface area contributed by atoms with Crippen LogP contribution in [0.1, 0.15) is 56.9 Å². The molecule has 28 heavy (non-hydrogen) atoms. The summed E-state index contributed by atoms with van der Waals surface area (Å²) in [7, 11) is 1.80. The molecule has 0 aromatic heterocycles. The number of anilines is 1. The standard InChI is InChI=1S/C22H35N5O/c1-17-9-5-7-13-27(17)14-8-6-12-24-22(23-2)25-16-18-15-21(28)26-20-11-4-3-10-19(18)20/h3-4,10-11,17-18H,5-9,12-16H2,1-2H3,(H,26,28)(H2,23,24,25). The topological polar surface area (TPSA) is 68.8 Å². The number of nitrogens with one attached hydrogen (secondary N) is 3. The van der Waals surface area contributed by atoms with Crippen molar-refractivity contribution in [3.63, 3.8) is 0 Å². The summed E-state index contributed by atoms with van der Waals surface area (Å²) in [5, 5.41) is 9.76. The number of hydrogen-bond acceptors (Lipinski definition) is 3. The second kappa shape index (κ2) is 10.5. The minimum absolute atomic E-state index is 0.0837. The monoisotopic (exact) mass is 385 g/mol. The van der Waals surface area contributed by atoms with Crippen molar-refractivity contribution in [2.24, 2.45) is 4.99 Å². The molecule has 2 unspecified atom stereocenters. The second-order valence-electron chi connectivity index (χ2n) is 8.00. The van der Waals surface area contributed by atoms with E-state index in [-0.39, 0.29) is 11.8 Å². The van der Waals surface area contributed by atoms with Gasteiger partial charge in [-0.2, -0.15) is 0 Å². The van der Waals surface area contributed by atoms with Crippen LogP contribution in [-0.2, 0) is 4.79 Å². The first-order valence-corrected chi connectivity index (χ1v) is 10.7. The Morgan fingerprint density at radius 3 is 2.93 bits per heavy atom. The fourth-order valence-electron chi connectivity index (χ4n) is 4.26. The summed E-state index contributed by atoms with van der Waals surface area (Å²) >= 11 is 0. The van der Waals surface area contributed by atoms with E-state index in [0.717, 1.165) is 30.7 Å². The summed E-state index contributed by atoms with van der Waals surface area (Å²) in [6.07, 6.45) is 6.94. The van der Waals surface area contributed by atoms with Crippen molar-refractivity contribution in [1.82, 2.24) is 15.5 Å². The third-order valence-corrected chi connectivity index (χ3v) is 5.95. The number of unbranched alkanes of at least 4 members (excludes halogenated alkanes) is 1. The van der Waals surface area contributed by atoms with E-state index in [1.807, 2.05) is 18.2 Å². The van der Waals surface area contributed by atoms with Crippen molar-refractivity contribution in [2.75, 3.05) is 38.5 Å². The van der Waals surface area contributed by atoms with E-state index in [1.54, 1.807) is 7.05 Å². The van der Waals surface area contributed by atoms with Gasteiger partial charge in [0.15, 0.2) is 5.96 Å². The number of carbonyl (C=O) groups is 1. The fourth-order valence-corrected chi connectivity index (χ4v) is 4.26. The van der Waals surface area contributed by atoms with Gasteiger partial charge in [0.1, 0.15) is 0 Å². The molecule has 1 aromatic rings. The lowest BCUT2D eigenvalue weighted by Gasteiger charge is -2.33. The van der Waals surface area contributed by atoms with Gasteiger partial charge in [-0.25, -0.2) is 0 Å². The first kappa shape index (κ1) is 20.6. The van der Waals surface area contributed by atoms with Gasteiger partial charge in [0.05, 0.1) is 0 Å². The average Bonchev–Trinajstić information content (AvgIpc) is 2.71. The van der Waals surface area contributed by atoms with Gasteiger partial charge in [-0.1, -0.05) is 24.6 Å². The zero-order chi connectivity index (χ0) is 19.8. The van der Waals surface area contributed by atoms with Gasteiger partial charge in [0, 0.05) is 44.2 Å². The molecule has 0 radical (unpaired) electrons. The number of piperidine rings is 1. The molecule has 1 saturated heterocycles. The summed E-state index contributed by atoms with van der Waals surface area (Å²) in [6, 6.07) is 8.79. The summed E-state index contributed by atoms with van der Waals surface area (Å²) in [4.78, 5) is 18.9. The number of guanidine groups is 1. The van der Waals surface area contributed by atoms with Crippen molar-refractivity contribution in [2.45, 2.75) is 57.4 Å². The van der Waals surface area contributed by atoms with E-state index in [9.17, 15) is 4.79 Å². The lowest BCUT2D eigenvalue weighted by molar-refractivity contribution is -0.116. The van der Waals surface area contributed by atoms with Crippen LogP contribution in [0.3, 0.4) is 0 Å². The Labute approximate surface area is 169 Å². The number of amides is 1. The first-order valence-electron chi connectivity index (χ1n) is 10.7. The van der Waals surface area contributed by atoms with Gasteiger partial charge in [-0.3, -0.25) is 9.79 Å². The molecule has 3 rings (SSSR count). The average molecular weight is 386 g/mol. The zero-order valence-electron chi connectivity index (χ0n) is 17.3. The van der Waals surface area contributed by atoms with Crippen LogP contribution in [0, 0.1) is 0 Å². The Kier molecular flexibility index (Phi) is 7.71.